The van der Waals surface area contributed by atoms with Crippen molar-refractivity contribution in [2.24, 2.45) is 0 Å². The van der Waals surface area contributed by atoms with Gasteiger partial charge in [-0.2, -0.15) is 8.42 Å². The minimum atomic E-state index is -4.15. The van der Waals surface area contributed by atoms with E-state index in [0.29, 0.717) is 0 Å². The number of aliphatic hydroxyl groups is 2. The van der Waals surface area contributed by atoms with Crippen LogP contribution < -0.4 is 0 Å². The summed E-state index contributed by atoms with van der Waals surface area (Å²) in [4.78, 5) is 0. The molecule has 1 atom stereocenters. The van der Waals surface area contributed by atoms with Crippen molar-refractivity contribution in [3.05, 3.63) is 0 Å². The Bertz CT molecular complexity index is 164. The van der Waals surface area contributed by atoms with Crippen LogP contribution in [0, 0.1) is 0 Å². The molecule has 58 valence electrons. The second-order valence-electron chi connectivity index (χ2n) is 1.58. The fourth-order valence-electron chi connectivity index (χ4n) is 0.296. The van der Waals surface area contributed by atoms with Gasteiger partial charge in [-0.25, -0.2) is 0 Å². The van der Waals surface area contributed by atoms with Gasteiger partial charge in [-0.15, -0.1) is 0 Å². The standard InChI is InChI=1S/C3H8O5S.Na.H/c4-1-3(5)2-9(6,7)8;;/h3-5H,1-2H2,(H,6,7,8);;. The van der Waals surface area contributed by atoms with Crippen LogP contribution in [0.3, 0.4) is 0 Å². The quantitative estimate of drug-likeness (QED) is 0.332. The third-order valence-corrected chi connectivity index (χ3v) is 1.42. The molecule has 0 radical (unpaired) electrons. The molecule has 1 unspecified atom stereocenters. The normalized spacial score (nSPS) is 13.9. The van der Waals surface area contributed by atoms with E-state index in [9.17, 15) is 8.42 Å². The first-order chi connectivity index (χ1) is 3.95. The molecule has 0 aliphatic rings. The predicted octanol–water partition coefficient (Wildman–Crippen LogP) is -2.42. The molecule has 0 fully saturated rings. The topological polar surface area (TPSA) is 94.8 Å². The van der Waals surface area contributed by atoms with Gasteiger partial charge in [-0.1, -0.05) is 0 Å². The summed E-state index contributed by atoms with van der Waals surface area (Å²) in [5.74, 6) is -0.816. The zero-order chi connectivity index (χ0) is 7.49. The summed E-state index contributed by atoms with van der Waals surface area (Å²) in [7, 11) is -4.15. The molecule has 7 heteroatoms. The monoisotopic (exact) mass is 180 g/mol. The van der Waals surface area contributed by atoms with Crippen LogP contribution in [0.2, 0.25) is 0 Å². The molecule has 0 amide bonds. The Labute approximate surface area is 81.1 Å². The van der Waals surface area contributed by atoms with E-state index < -0.39 is 28.6 Å². The Morgan fingerprint density at radius 3 is 1.90 bits per heavy atom. The summed E-state index contributed by atoms with van der Waals surface area (Å²) in [6, 6.07) is 0. The number of hydrogen-bond donors (Lipinski definition) is 3. The van der Waals surface area contributed by atoms with E-state index in [4.69, 9.17) is 14.8 Å². The van der Waals surface area contributed by atoms with Gasteiger partial charge in [0.25, 0.3) is 10.1 Å². The average molecular weight is 180 g/mol. The fourth-order valence-corrected chi connectivity index (χ4v) is 0.887. The van der Waals surface area contributed by atoms with E-state index in [1.807, 2.05) is 0 Å². The van der Waals surface area contributed by atoms with E-state index in [1.165, 1.54) is 0 Å². The first-order valence-corrected chi connectivity index (χ1v) is 3.80. The van der Waals surface area contributed by atoms with Gasteiger partial charge in [0.05, 0.1) is 12.7 Å². The molecule has 0 aliphatic carbocycles. The zero-order valence-corrected chi connectivity index (χ0v) is 5.37. The van der Waals surface area contributed by atoms with E-state index in [-0.39, 0.29) is 29.6 Å². The van der Waals surface area contributed by atoms with Crippen LogP contribution in [0.25, 0.3) is 0 Å². The molecule has 0 aromatic heterocycles. The van der Waals surface area contributed by atoms with E-state index in [1.54, 1.807) is 0 Å². The molecule has 5 nitrogen and oxygen atoms in total. The van der Waals surface area contributed by atoms with Crippen molar-refractivity contribution >= 4 is 39.7 Å². The summed E-state index contributed by atoms with van der Waals surface area (Å²) in [5, 5.41) is 16.5. The molecule has 0 spiro atoms. The van der Waals surface area contributed by atoms with Gasteiger partial charge in [-0.05, 0) is 0 Å². The summed E-state index contributed by atoms with van der Waals surface area (Å²) >= 11 is 0. The Morgan fingerprint density at radius 1 is 1.40 bits per heavy atom. The third kappa shape index (κ3) is 8.83. The van der Waals surface area contributed by atoms with Gasteiger partial charge < -0.3 is 10.2 Å². The minimum absolute atomic E-state index is 0. The molecular weight excluding hydrogens is 171 g/mol. The first-order valence-electron chi connectivity index (χ1n) is 2.20. The second-order valence-corrected chi connectivity index (χ2v) is 3.08. The van der Waals surface area contributed by atoms with Crippen LogP contribution >= 0.6 is 0 Å². The predicted molar refractivity (Wildman–Crippen MR) is 36.7 cm³/mol. The average Bonchev–Trinajstić information content (AvgIpc) is 1.62. The Morgan fingerprint density at radius 2 is 1.80 bits per heavy atom. The van der Waals surface area contributed by atoms with Gasteiger partial charge in [0.15, 0.2) is 0 Å². The van der Waals surface area contributed by atoms with Gasteiger partial charge in [0.1, 0.15) is 5.75 Å². The third-order valence-electron chi connectivity index (χ3n) is 0.614. The molecule has 0 saturated carbocycles. The molecule has 0 saturated heterocycles. The zero-order valence-electron chi connectivity index (χ0n) is 4.56. The van der Waals surface area contributed by atoms with Crippen LogP contribution in [-0.2, 0) is 10.1 Å². The maximum atomic E-state index is 9.88. The van der Waals surface area contributed by atoms with E-state index in [2.05, 4.69) is 0 Å². The molecule has 0 aromatic rings. The van der Waals surface area contributed by atoms with Crippen LogP contribution in [0.4, 0.5) is 0 Å². The number of rotatable bonds is 3. The molecular formula is C3H9NaO5S. The second kappa shape index (κ2) is 5.48. The van der Waals surface area contributed by atoms with Gasteiger partial charge in [-0.3, -0.25) is 4.55 Å². The molecule has 3 N–H and O–H groups in total. The van der Waals surface area contributed by atoms with Crippen molar-refractivity contribution in [3.8, 4) is 0 Å². The Hall–Kier alpha value is 0.830. The van der Waals surface area contributed by atoms with Crippen LogP contribution in [0.1, 0.15) is 0 Å². The van der Waals surface area contributed by atoms with Gasteiger partial charge in [0, 0.05) is 0 Å². The van der Waals surface area contributed by atoms with Crippen molar-refractivity contribution in [1.29, 1.82) is 0 Å². The molecule has 0 bridgehead atoms. The Balaban J connectivity index is 0. The maximum absolute atomic E-state index is 9.88. The summed E-state index contributed by atoms with van der Waals surface area (Å²) in [6.07, 6.45) is -1.39. The van der Waals surface area contributed by atoms with E-state index >= 15 is 0 Å². The van der Waals surface area contributed by atoms with Crippen molar-refractivity contribution < 1.29 is 23.2 Å². The SMILES string of the molecule is O=S(=O)(O)CC(O)CO.[NaH]. The van der Waals surface area contributed by atoms with E-state index in [0.717, 1.165) is 0 Å². The number of aliphatic hydroxyl groups excluding tert-OH is 2. The first kappa shape index (κ1) is 13.4. The van der Waals surface area contributed by atoms with Crippen LogP contribution in [0.15, 0.2) is 0 Å². The molecule has 0 aliphatic heterocycles. The molecule has 0 rings (SSSR count). The summed E-state index contributed by atoms with van der Waals surface area (Å²) in [6.45, 7) is -0.667. The Kier molecular flexibility index (Phi) is 7.35. The molecule has 0 heterocycles. The summed E-state index contributed by atoms with van der Waals surface area (Å²) in [5.41, 5.74) is 0. The molecule has 10 heavy (non-hydrogen) atoms. The van der Waals surface area contributed by atoms with Crippen molar-refractivity contribution in [3.63, 3.8) is 0 Å². The van der Waals surface area contributed by atoms with Crippen LogP contribution in [-0.4, -0.2) is 71.2 Å². The number of hydrogen-bond acceptors (Lipinski definition) is 4. The summed E-state index contributed by atoms with van der Waals surface area (Å²) < 4.78 is 27.8. The van der Waals surface area contributed by atoms with Gasteiger partial charge in [0.2, 0.25) is 0 Å². The van der Waals surface area contributed by atoms with Crippen molar-refractivity contribution in [2.45, 2.75) is 6.10 Å². The van der Waals surface area contributed by atoms with Crippen molar-refractivity contribution in [2.75, 3.05) is 12.4 Å². The molecule has 0 aromatic carbocycles. The van der Waals surface area contributed by atoms with Crippen molar-refractivity contribution in [1.82, 2.24) is 0 Å². The van der Waals surface area contributed by atoms with Gasteiger partial charge >= 0.3 is 29.6 Å². The fraction of sp³-hybridized carbons (Fsp3) is 1.00. The van der Waals surface area contributed by atoms with Crippen LogP contribution in [0.5, 0.6) is 0 Å².